The average Bonchev–Trinajstić information content (AvgIpc) is 2.51. The molecule has 0 radical (unpaired) electrons. The van der Waals surface area contributed by atoms with Crippen molar-refractivity contribution in [3.63, 3.8) is 0 Å². The van der Waals surface area contributed by atoms with Gasteiger partial charge in [0.1, 0.15) is 42.7 Å². The van der Waals surface area contributed by atoms with Crippen molar-refractivity contribution in [3.8, 4) is 0 Å². The van der Waals surface area contributed by atoms with Crippen molar-refractivity contribution in [2.24, 2.45) is 0 Å². The van der Waals surface area contributed by atoms with Gasteiger partial charge in [0.05, 0.1) is 13.2 Å². The second kappa shape index (κ2) is 8.44. The molecule has 0 aliphatic heterocycles. The normalized spacial score (nSPS) is 38.6. The first-order valence-electron chi connectivity index (χ1n) is 6.40. The predicted molar refractivity (Wildman–Crippen MR) is 68.7 cm³/mol. The molecule has 8 atom stereocenters. The molecule has 1 fully saturated rings. The van der Waals surface area contributed by atoms with E-state index in [0.29, 0.717) is 0 Å². The SMILES string of the molecule is O=CO[C@H](CO)COP(=O)(O)OC1[C@H](O)[C@H](O)C(O)[C@H](O)[C@H]1O. The summed E-state index contributed by atoms with van der Waals surface area (Å²) in [7, 11) is -4.93. The van der Waals surface area contributed by atoms with Gasteiger partial charge in [-0.1, -0.05) is 0 Å². The maximum Gasteiger partial charge on any atom is 0.472 e. The third kappa shape index (κ3) is 5.16. The lowest BCUT2D eigenvalue weighted by molar-refractivity contribution is -0.220. The van der Waals surface area contributed by atoms with Crippen LogP contribution in [0.3, 0.4) is 0 Å². The molecule has 12 nitrogen and oxygen atoms in total. The van der Waals surface area contributed by atoms with Gasteiger partial charge in [0.25, 0.3) is 6.47 Å². The molecule has 23 heavy (non-hydrogen) atoms. The Kier molecular flexibility index (Phi) is 7.48. The Morgan fingerprint density at radius 2 is 1.48 bits per heavy atom. The first-order chi connectivity index (χ1) is 10.6. The first kappa shape index (κ1) is 20.4. The van der Waals surface area contributed by atoms with Gasteiger partial charge in [-0.25, -0.2) is 4.57 Å². The Morgan fingerprint density at radius 3 is 1.91 bits per heavy atom. The largest absolute Gasteiger partial charge is 0.472 e. The Bertz CT molecular complexity index is 416. The van der Waals surface area contributed by atoms with Crippen LogP contribution in [0.25, 0.3) is 0 Å². The van der Waals surface area contributed by atoms with Gasteiger partial charge in [-0.2, -0.15) is 0 Å². The highest BCUT2D eigenvalue weighted by Crippen LogP contribution is 2.47. The van der Waals surface area contributed by atoms with Crippen LogP contribution in [0.15, 0.2) is 0 Å². The number of aliphatic hydroxyl groups is 6. The van der Waals surface area contributed by atoms with E-state index in [-0.39, 0.29) is 6.47 Å². The molecular formula is C10H19O12P. The summed E-state index contributed by atoms with van der Waals surface area (Å²) in [5.74, 6) is 0. The second-order valence-electron chi connectivity index (χ2n) is 4.82. The average molecular weight is 362 g/mol. The summed E-state index contributed by atoms with van der Waals surface area (Å²) < 4.78 is 25.0. The minimum Gasteiger partial charge on any atom is -0.460 e. The highest BCUT2D eigenvalue weighted by molar-refractivity contribution is 7.47. The van der Waals surface area contributed by atoms with Gasteiger partial charge >= 0.3 is 7.82 Å². The number of rotatable bonds is 8. The van der Waals surface area contributed by atoms with Crippen molar-refractivity contribution in [2.45, 2.75) is 42.7 Å². The molecule has 7 N–H and O–H groups in total. The molecule has 1 rings (SSSR count). The van der Waals surface area contributed by atoms with Crippen molar-refractivity contribution in [3.05, 3.63) is 0 Å². The summed E-state index contributed by atoms with van der Waals surface area (Å²) >= 11 is 0. The molecule has 3 unspecified atom stereocenters. The van der Waals surface area contributed by atoms with E-state index in [2.05, 4.69) is 13.8 Å². The Hall–Kier alpha value is -0.660. The summed E-state index contributed by atoms with van der Waals surface area (Å²) in [6.45, 7) is -1.47. The fourth-order valence-corrected chi connectivity index (χ4v) is 2.87. The number of phosphoric acid groups is 1. The van der Waals surface area contributed by atoms with Crippen LogP contribution < -0.4 is 0 Å². The third-order valence-electron chi connectivity index (χ3n) is 3.20. The van der Waals surface area contributed by atoms with Gasteiger partial charge in [0, 0.05) is 0 Å². The number of carbonyl (C=O) groups excluding carboxylic acids is 1. The maximum atomic E-state index is 11.7. The lowest BCUT2D eigenvalue weighted by Gasteiger charge is -2.41. The van der Waals surface area contributed by atoms with Crippen molar-refractivity contribution in [1.29, 1.82) is 0 Å². The monoisotopic (exact) mass is 362 g/mol. The van der Waals surface area contributed by atoms with Gasteiger partial charge in [-0.15, -0.1) is 0 Å². The molecule has 0 amide bonds. The number of hydrogen-bond donors (Lipinski definition) is 7. The molecule has 136 valence electrons. The molecule has 1 saturated carbocycles. The summed E-state index contributed by atoms with van der Waals surface area (Å²) in [6.07, 6.45) is -13.0. The Balaban J connectivity index is 2.71. The summed E-state index contributed by atoms with van der Waals surface area (Å²) in [5.41, 5.74) is 0. The quantitative estimate of drug-likeness (QED) is 0.162. The topological polar surface area (TPSA) is 203 Å². The van der Waals surface area contributed by atoms with E-state index in [0.717, 1.165) is 0 Å². The smallest absolute Gasteiger partial charge is 0.460 e. The van der Waals surface area contributed by atoms with Crippen LogP contribution in [0.1, 0.15) is 0 Å². The van der Waals surface area contributed by atoms with Crippen molar-refractivity contribution >= 4 is 14.3 Å². The minimum atomic E-state index is -4.93. The first-order valence-corrected chi connectivity index (χ1v) is 7.90. The zero-order valence-corrected chi connectivity index (χ0v) is 12.5. The Morgan fingerprint density at radius 1 is 1.00 bits per heavy atom. The third-order valence-corrected chi connectivity index (χ3v) is 4.19. The van der Waals surface area contributed by atoms with E-state index >= 15 is 0 Å². The fraction of sp³-hybridized carbons (Fsp3) is 0.900. The zero-order chi connectivity index (χ0) is 17.8. The van der Waals surface area contributed by atoms with Gasteiger partial charge in [-0.05, 0) is 0 Å². The number of carbonyl (C=O) groups is 1. The molecule has 1 aliphatic rings. The van der Waals surface area contributed by atoms with Crippen LogP contribution in [0, 0.1) is 0 Å². The second-order valence-corrected chi connectivity index (χ2v) is 6.23. The van der Waals surface area contributed by atoms with Crippen molar-refractivity contribution in [1.82, 2.24) is 0 Å². The molecule has 0 saturated heterocycles. The van der Waals surface area contributed by atoms with E-state index in [1.165, 1.54) is 0 Å². The molecule has 0 aromatic carbocycles. The predicted octanol–water partition coefficient (Wildman–Crippen LogP) is -4.16. The van der Waals surface area contributed by atoms with Crippen LogP contribution in [-0.2, 0) is 23.1 Å². The highest BCUT2D eigenvalue weighted by atomic mass is 31.2. The van der Waals surface area contributed by atoms with E-state index in [1.807, 2.05) is 0 Å². The zero-order valence-electron chi connectivity index (χ0n) is 11.7. The minimum absolute atomic E-state index is 0.0177. The molecular weight excluding hydrogens is 343 g/mol. The molecule has 1 aliphatic carbocycles. The van der Waals surface area contributed by atoms with Crippen molar-refractivity contribution < 1.29 is 58.7 Å². The van der Waals surface area contributed by atoms with Crippen LogP contribution >= 0.6 is 7.82 Å². The molecule has 0 heterocycles. The standard InChI is InChI=1S/C10H19O12P/c11-1-4(20-3-12)2-21-23(18,19)22-10-8(16)6(14)5(13)7(15)9(10)17/h3-11,13-17H,1-2H2,(H,18,19)/t4-,5?,6-,7+,8-,9-,10?/m1/s1. The number of phosphoric ester groups is 1. The van der Waals surface area contributed by atoms with Crippen LogP contribution in [0.4, 0.5) is 0 Å². The number of hydrogen-bond acceptors (Lipinski definition) is 11. The van der Waals surface area contributed by atoms with Gasteiger partial charge < -0.3 is 40.3 Å². The number of aliphatic hydroxyl groups excluding tert-OH is 6. The summed E-state index contributed by atoms with van der Waals surface area (Å²) in [5, 5.41) is 56.4. The van der Waals surface area contributed by atoms with E-state index < -0.39 is 63.8 Å². The molecule has 13 heteroatoms. The van der Waals surface area contributed by atoms with Crippen LogP contribution in [-0.4, -0.2) is 97.9 Å². The van der Waals surface area contributed by atoms with Crippen LogP contribution in [0.2, 0.25) is 0 Å². The molecule has 0 aromatic heterocycles. The lowest BCUT2D eigenvalue weighted by atomic mass is 9.85. The van der Waals surface area contributed by atoms with Gasteiger partial charge in [0.2, 0.25) is 0 Å². The van der Waals surface area contributed by atoms with Crippen molar-refractivity contribution in [2.75, 3.05) is 13.2 Å². The van der Waals surface area contributed by atoms with Crippen LogP contribution in [0.5, 0.6) is 0 Å². The molecule has 0 bridgehead atoms. The van der Waals surface area contributed by atoms with Gasteiger partial charge in [0.15, 0.2) is 0 Å². The molecule has 0 spiro atoms. The van der Waals surface area contributed by atoms with Gasteiger partial charge in [-0.3, -0.25) is 13.8 Å². The highest BCUT2D eigenvalue weighted by Gasteiger charge is 2.51. The number of ether oxygens (including phenoxy) is 1. The Labute approximate surface area is 130 Å². The fourth-order valence-electron chi connectivity index (χ4n) is 1.90. The van der Waals surface area contributed by atoms with E-state index in [1.54, 1.807) is 0 Å². The maximum absolute atomic E-state index is 11.7. The van der Waals surface area contributed by atoms with E-state index in [9.17, 15) is 39.8 Å². The van der Waals surface area contributed by atoms with E-state index in [4.69, 9.17) is 5.11 Å². The summed E-state index contributed by atoms with van der Waals surface area (Å²) in [4.78, 5) is 19.6. The lowest BCUT2D eigenvalue weighted by Crippen LogP contribution is -2.64. The molecule has 0 aromatic rings. The summed E-state index contributed by atoms with van der Waals surface area (Å²) in [6, 6.07) is 0.